The van der Waals surface area contributed by atoms with Gasteiger partial charge in [0.25, 0.3) is 22.8 Å². The van der Waals surface area contributed by atoms with Gasteiger partial charge in [-0.15, -0.1) is 0 Å². The third-order valence-electron chi connectivity index (χ3n) is 21.1. The van der Waals surface area contributed by atoms with Crippen LogP contribution in [0.3, 0.4) is 0 Å². The highest BCUT2D eigenvalue weighted by Gasteiger charge is 2.29. The fraction of sp³-hybridized carbons (Fsp3) is 0.168. The van der Waals surface area contributed by atoms with Crippen LogP contribution in [0, 0.1) is 62.2 Å². The van der Waals surface area contributed by atoms with Crippen LogP contribution in [-0.4, -0.2) is 0 Å². The van der Waals surface area contributed by atoms with Crippen LogP contribution in [0.2, 0.25) is 0 Å². The number of hydrogen-bond donors (Lipinski definition) is 0. The second kappa shape index (κ2) is 29.7. The van der Waals surface area contributed by atoms with Crippen molar-refractivity contribution in [1.29, 1.82) is 0 Å². The average molecular weight is 1440 g/mol. The summed E-state index contributed by atoms with van der Waals surface area (Å²) in [7, 11) is 8.04. The summed E-state index contributed by atoms with van der Waals surface area (Å²) in [6, 6.07) is 80.9. The first-order valence-corrected chi connectivity index (χ1v) is 35.7. The fourth-order valence-electron chi connectivity index (χ4n) is 16.0. The Morgan fingerprint density at radius 2 is 0.569 bits per heavy atom. The molecule has 0 unspecified atom stereocenters. The number of benzene rings is 12. The minimum atomic E-state index is -2.25. The molecule has 0 bridgehead atoms. The van der Waals surface area contributed by atoms with Gasteiger partial charge in [-0.3, -0.25) is 0 Å². The topological polar surface area (TPSA) is 68.1 Å². The molecule has 20 rings (SSSR count). The highest BCUT2D eigenvalue weighted by molar-refractivity contribution is 6.21. The molecule has 8 heterocycles. The molecular weight excluding hydrogens is 1330 g/mol. The second-order valence-electron chi connectivity index (χ2n) is 28.3. The first-order chi connectivity index (χ1) is 53.4. The molecule has 109 heavy (non-hydrogen) atoms. The number of nitrogens with zero attached hydrogens (tertiary/aromatic N) is 4. The predicted octanol–water partition coefficient (Wildman–Crippen LogP) is 26.2. The normalized spacial score (nSPS) is 12.3. The molecule has 0 N–H and O–H groups in total. The molecule has 0 aliphatic rings. The molecule has 8 heteroatoms. The molecule has 12 aromatic carbocycles. The van der Waals surface area contributed by atoms with E-state index in [0.29, 0.717) is 22.1 Å². The summed E-state index contributed by atoms with van der Waals surface area (Å²) >= 11 is 0. The first-order valence-electron chi connectivity index (χ1n) is 38.7. The Hall–Kier alpha value is -12.5. The average Bonchev–Trinajstić information content (AvgIpc) is 1.59. The fourth-order valence-corrected chi connectivity index (χ4v) is 16.0. The monoisotopic (exact) mass is 1440 g/mol. The summed E-state index contributed by atoms with van der Waals surface area (Å²) in [5.74, 6) is 0. The van der Waals surface area contributed by atoms with Crippen LogP contribution in [0.4, 0.5) is 0 Å². The maximum atomic E-state index is 8.12. The van der Waals surface area contributed by atoms with Crippen LogP contribution in [0.25, 0.3) is 176 Å². The van der Waals surface area contributed by atoms with E-state index in [9.17, 15) is 0 Å². The second-order valence-corrected chi connectivity index (χ2v) is 28.3. The summed E-state index contributed by atoms with van der Waals surface area (Å²) in [6.45, 7) is 10.4. The summed E-state index contributed by atoms with van der Waals surface area (Å²) in [6.07, 6.45) is 8.08. The molecule has 0 spiro atoms. The molecule has 20 aromatic rings. The molecule has 0 amide bonds. The minimum absolute atomic E-state index is 0. The Balaban J connectivity index is 0.000000132. The van der Waals surface area contributed by atoms with Gasteiger partial charge in [0.2, 0.25) is 22.3 Å². The smallest absolute Gasteiger partial charge is 0.256 e. The zero-order chi connectivity index (χ0) is 77.2. The van der Waals surface area contributed by atoms with Crippen molar-refractivity contribution in [1.82, 2.24) is 0 Å². The zero-order valence-electron chi connectivity index (χ0n) is 66.7. The molecule has 542 valence electrons. The van der Waals surface area contributed by atoms with Crippen molar-refractivity contribution in [2.24, 2.45) is 28.2 Å². The van der Waals surface area contributed by atoms with Gasteiger partial charge in [-0.05, 0) is 154 Å². The number of aryl methyl sites for hydroxylation is 13. The largest absolute Gasteiger partial charge is 0.448 e. The van der Waals surface area contributed by atoms with Crippen molar-refractivity contribution in [3.63, 3.8) is 0 Å². The maximum absolute atomic E-state index is 8.12. The van der Waals surface area contributed by atoms with Crippen molar-refractivity contribution in [3.8, 4) is 45.0 Å². The molecule has 0 aliphatic carbocycles. The molecule has 8 nitrogen and oxygen atoms in total. The van der Waals surface area contributed by atoms with Gasteiger partial charge in [0.15, 0.2) is 24.8 Å². The molecule has 0 radical (unpaired) electrons. The third kappa shape index (κ3) is 12.8. The van der Waals surface area contributed by atoms with E-state index in [1.807, 2.05) is 109 Å². The SMILES string of the molecule is C.C.C.C.Cc1ccc(-c2c3oc4c5ccccc5ccc4c3c(C)c[n+]2C)c(C)c1.Cc1ccc2c(ccc3c4cc[n+](C)c(-c5ccccc5C)c4oc23)c1.[2H]C([2H])([2H])c1c[n+](C)c(-c2ccccc2C)c2oc3c4ccccc4ccc3c12.[2H]C([2H])([2H])c1ccc(-c2c3oc4c5ccccc5ccc4c3cc[n+]2C)c(C)c1. The summed E-state index contributed by atoms with van der Waals surface area (Å²) in [4.78, 5) is 0. The Bertz CT molecular complexity index is 7220. The summed E-state index contributed by atoms with van der Waals surface area (Å²) < 4.78 is 81.6. The molecular formula is C101H98N4O4+4. The van der Waals surface area contributed by atoms with Crippen molar-refractivity contribution in [2.45, 2.75) is 91.9 Å². The van der Waals surface area contributed by atoms with Gasteiger partial charge in [0.1, 0.15) is 50.5 Å². The number of pyridine rings is 4. The van der Waals surface area contributed by atoms with E-state index in [2.05, 4.69) is 229 Å². The number of fused-ring (bicyclic) bond motifs is 20. The highest BCUT2D eigenvalue weighted by Crippen LogP contribution is 2.44. The quantitative estimate of drug-likeness (QED) is 0.165. The number of rotatable bonds is 4. The molecule has 0 aliphatic heterocycles. The number of hydrogen-bond acceptors (Lipinski definition) is 4. The molecule has 0 saturated carbocycles. The molecule has 0 fully saturated rings. The van der Waals surface area contributed by atoms with E-state index in [1.165, 1.54) is 82.0 Å². The van der Waals surface area contributed by atoms with E-state index >= 15 is 0 Å². The van der Waals surface area contributed by atoms with Crippen LogP contribution < -0.4 is 18.3 Å². The van der Waals surface area contributed by atoms with Crippen molar-refractivity contribution in [2.75, 3.05) is 0 Å². The van der Waals surface area contributed by atoms with Crippen molar-refractivity contribution >= 4 is 131 Å². The first kappa shape index (κ1) is 67.1. The third-order valence-corrected chi connectivity index (χ3v) is 21.1. The van der Waals surface area contributed by atoms with E-state index in [0.717, 1.165) is 122 Å². The van der Waals surface area contributed by atoms with Crippen molar-refractivity contribution < 1.29 is 44.2 Å². The molecule has 0 saturated heterocycles. The Labute approximate surface area is 648 Å². The van der Waals surface area contributed by atoms with Gasteiger partial charge in [-0.1, -0.05) is 222 Å². The van der Waals surface area contributed by atoms with Gasteiger partial charge in [-0.25, -0.2) is 0 Å². The van der Waals surface area contributed by atoms with Crippen molar-refractivity contribution in [3.05, 3.63) is 311 Å². The van der Waals surface area contributed by atoms with Crippen LogP contribution in [-0.2, 0) is 28.2 Å². The summed E-state index contributed by atoms with van der Waals surface area (Å²) in [5, 5.41) is 17.4. The minimum Gasteiger partial charge on any atom is -0.448 e. The van der Waals surface area contributed by atoms with Crippen LogP contribution in [0.1, 0.15) is 88.0 Å². The lowest BCUT2D eigenvalue weighted by molar-refractivity contribution is -0.659. The van der Waals surface area contributed by atoms with Gasteiger partial charge < -0.3 is 17.7 Å². The lowest BCUT2D eigenvalue weighted by Crippen LogP contribution is -2.31. The van der Waals surface area contributed by atoms with Gasteiger partial charge in [-0.2, -0.15) is 18.3 Å². The predicted molar refractivity (Wildman–Crippen MR) is 461 cm³/mol. The lowest BCUT2D eigenvalue weighted by atomic mass is 9.99. The number of furan rings is 4. The Kier molecular flexibility index (Phi) is 18.3. The molecule has 8 aromatic heterocycles. The van der Waals surface area contributed by atoms with Crippen LogP contribution in [0.5, 0.6) is 0 Å². The van der Waals surface area contributed by atoms with E-state index < -0.39 is 13.7 Å². The summed E-state index contributed by atoms with van der Waals surface area (Å²) in [5.41, 5.74) is 24.4. The van der Waals surface area contributed by atoms with E-state index in [4.69, 9.17) is 25.9 Å². The van der Waals surface area contributed by atoms with Gasteiger partial charge in [0, 0.05) is 96.1 Å². The van der Waals surface area contributed by atoms with Crippen LogP contribution in [0.15, 0.2) is 279 Å². The van der Waals surface area contributed by atoms with Gasteiger partial charge in [0.05, 0.1) is 22.3 Å². The standard InChI is InChI=1S/C25H22NO.3C24H20NO.4CH4/c1-15-9-11-19(16(2)13-15)23-25-22(17(3)14-26(23)4)21-12-10-18-7-5-6-8-20(18)24(21)27-25;1-15-8-4-6-10-18(15)22-24-21(16(2)14-25(22)3)20-13-12-17-9-5-7-11-19(17)23(20)26-24;1-15-8-10-18(16(2)14-15)22-24-21(12-13-25(22)3)20-11-9-17-6-4-5-7-19(17)23(20)26-24;1-15-8-10-19-17(14-15)9-11-20-21-12-13-25(3)22(24(21)26-23(19)20)18-7-5-4-6-16(18)2;;;;/h5-14H,1-4H3;3*4-14H,1-3H3;4*1H4/q4*+1;;;;/i;2D3;1D3;;;;;. The Morgan fingerprint density at radius 1 is 0.239 bits per heavy atom. The number of aromatic nitrogens is 4. The van der Waals surface area contributed by atoms with Crippen LogP contribution >= 0.6 is 0 Å². The Morgan fingerprint density at radius 3 is 1.03 bits per heavy atom. The maximum Gasteiger partial charge on any atom is 0.256 e. The highest BCUT2D eigenvalue weighted by atomic mass is 16.3. The zero-order valence-corrected chi connectivity index (χ0v) is 60.7. The van der Waals surface area contributed by atoms with E-state index in [-0.39, 0.29) is 29.7 Å². The van der Waals surface area contributed by atoms with Gasteiger partial charge >= 0.3 is 0 Å². The molecule has 0 atom stereocenters. The van der Waals surface area contributed by atoms with E-state index in [1.54, 1.807) is 18.3 Å². The lowest BCUT2D eigenvalue weighted by Gasteiger charge is -2.07.